The van der Waals surface area contributed by atoms with Crippen molar-refractivity contribution >= 4 is 11.5 Å². The molecule has 0 radical (unpaired) electrons. The molecule has 3 rings (SSSR count). The molecule has 1 aliphatic heterocycles. The number of anilines is 1. The average Bonchev–Trinajstić information content (AvgIpc) is 3.04. The number of aryl methyl sites for hydroxylation is 2. The van der Waals surface area contributed by atoms with Gasteiger partial charge in [0, 0.05) is 18.8 Å². The third-order valence-electron chi connectivity index (χ3n) is 3.87. The molecule has 0 saturated carbocycles. The monoisotopic (exact) mass is 307 g/mol. The summed E-state index contributed by atoms with van der Waals surface area (Å²) in [6, 6.07) is 8.30. The molecule has 0 fully saturated rings. The van der Waals surface area contributed by atoms with Crippen LogP contribution in [0.5, 0.6) is 0 Å². The number of rotatable bonds is 4. The highest BCUT2D eigenvalue weighted by atomic mass is 16.6. The summed E-state index contributed by atoms with van der Waals surface area (Å²) in [6.07, 6.45) is 3.68. The number of nitriles is 1. The van der Waals surface area contributed by atoms with Gasteiger partial charge in [0.2, 0.25) is 0 Å². The second-order valence-electron chi connectivity index (χ2n) is 5.51. The smallest absolute Gasteiger partial charge is 0.182 e. The zero-order valence-electron chi connectivity index (χ0n) is 13.1. The molecule has 0 bridgehead atoms. The number of nitrogens with zero attached hydrogens (tertiary/aromatic N) is 4. The molecule has 0 saturated heterocycles. The van der Waals surface area contributed by atoms with Gasteiger partial charge in [0.25, 0.3) is 0 Å². The van der Waals surface area contributed by atoms with Crippen molar-refractivity contribution < 1.29 is 4.84 Å². The molecule has 116 valence electrons. The summed E-state index contributed by atoms with van der Waals surface area (Å²) in [5, 5.41) is 16.3. The van der Waals surface area contributed by atoms with Crippen molar-refractivity contribution in [3.8, 4) is 6.07 Å². The Labute approximate surface area is 134 Å². The van der Waals surface area contributed by atoms with Crippen molar-refractivity contribution in [2.24, 2.45) is 5.16 Å². The number of nitrogens with one attached hydrogen (secondary N) is 1. The van der Waals surface area contributed by atoms with E-state index in [-0.39, 0.29) is 11.8 Å². The van der Waals surface area contributed by atoms with E-state index >= 15 is 0 Å². The molecule has 6 nitrogen and oxygen atoms in total. The summed E-state index contributed by atoms with van der Waals surface area (Å²) in [7, 11) is 0. The van der Waals surface area contributed by atoms with Crippen LogP contribution >= 0.6 is 0 Å². The minimum Gasteiger partial charge on any atom is -0.390 e. The molecule has 1 aliphatic rings. The topological polar surface area (TPSA) is 83.2 Å². The normalized spacial score (nSPS) is 16.4. The summed E-state index contributed by atoms with van der Waals surface area (Å²) in [4.78, 5) is 13.6. The third kappa shape index (κ3) is 3.29. The van der Waals surface area contributed by atoms with Crippen LogP contribution in [0.1, 0.15) is 28.8 Å². The van der Waals surface area contributed by atoms with Crippen LogP contribution in [0.3, 0.4) is 0 Å². The Balaban J connectivity index is 1.61. The van der Waals surface area contributed by atoms with Crippen molar-refractivity contribution in [2.75, 3.05) is 11.9 Å². The summed E-state index contributed by atoms with van der Waals surface area (Å²) < 4.78 is 0. The molecule has 0 aliphatic carbocycles. The zero-order chi connectivity index (χ0) is 16.2. The second-order valence-corrected chi connectivity index (χ2v) is 5.51. The molecule has 0 spiro atoms. The number of benzene rings is 1. The first-order valence-electron chi connectivity index (χ1n) is 7.42. The van der Waals surface area contributed by atoms with Gasteiger partial charge in [-0.1, -0.05) is 17.3 Å². The van der Waals surface area contributed by atoms with E-state index < -0.39 is 0 Å². The minimum atomic E-state index is -0.0832. The summed E-state index contributed by atoms with van der Waals surface area (Å²) in [5.41, 5.74) is 4.82. The van der Waals surface area contributed by atoms with E-state index in [2.05, 4.69) is 52.5 Å². The predicted molar refractivity (Wildman–Crippen MR) is 87.2 cm³/mol. The number of hydrogen-bond donors (Lipinski definition) is 1. The molecular weight excluding hydrogens is 290 g/mol. The molecule has 1 N–H and O–H groups in total. The van der Waals surface area contributed by atoms with Crippen molar-refractivity contribution in [1.29, 1.82) is 5.26 Å². The third-order valence-corrected chi connectivity index (χ3v) is 3.87. The van der Waals surface area contributed by atoms with Gasteiger partial charge in [0.05, 0.1) is 12.3 Å². The van der Waals surface area contributed by atoms with Crippen LogP contribution in [-0.4, -0.2) is 28.3 Å². The van der Waals surface area contributed by atoms with Crippen LogP contribution < -0.4 is 5.32 Å². The van der Waals surface area contributed by atoms with Crippen molar-refractivity contribution in [2.45, 2.75) is 26.4 Å². The van der Waals surface area contributed by atoms with Crippen LogP contribution in [0, 0.1) is 25.2 Å². The fraction of sp³-hybridized carbons (Fsp3) is 0.294. The molecule has 2 aromatic rings. The maximum absolute atomic E-state index is 9.00. The lowest BCUT2D eigenvalue weighted by atomic mass is 10.0. The first-order chi connectivity index (χ1) is 11.2. The number of oxime groups is 1. The van der Waals surface area contributed by atoms with Crippen LogP contribution in [0.4, 0.5) is 5.82 Å². The Hall–Kier alpha value is -2.94. The maximum Gasteiger partial charge on any atom is 0.182 e. The van der Waals surface area contributed by atoms with Crippen molar-refractivity contribution in [1.82, 2.24) is 9.97 Å². The fourth-order valence-corrected chi connectivity index (χ4v) is 2.39. The molecular formula is C17H17N5O. The van der Waals surface area contributed by atoms with E-state index in [4.69, 9.17) is 10.1 Å². The van der Waals surface area contributed by atoms with Gasteiger partial charge >= 0.3 is 0 Å². The SMILES string of the molecule is Cc1ccc(C2=NOC(CNc3nccnc3C#N)C2)cc1C. The van der Waals surface area contributed by atoms with E-state index in [1.165, 1.54) is 17.3 Å². The largest absolute Gasteiger partial charge is 0.390 e. The highest BCUT2D eigenvalue weighted by Gasteiger charge is 2.22. The Bertz CT molecular complexity index is 794. The van der Waals surface area contributed by atoms with Crippen LogP contribution in [0.2, 0.25) is 0 Å². The van der Waals surface area contributed by atoms with E-state index in [1.54, 1.807) is 6.20 Å². The zero-order valence-corrected chi connectivity index (χ0v) is 13.1. The lowest BCUT2D eigenvalue weighted by molar-refractivity contribution is 0.0948. The Kier molecular flexibility index (Phi) is 4.20. The van der Waals surface area contributed by atoms with Gasteiger partial charge in [-0.3, -0.25) is 0 Å². The highest BCUT2D eigenvalue weighted by molar-refractivity contribution is 6.01. The van der Waals surface area contributed by atoms with Crippen LogP contribution in [-0.2, 0) is 4.84 Å². The Morgan fingerprint density at radius 1 is 1.26 bits per heavy atom. The van der Waals surface area contributed by atoms with Crippen molar-refractivity contribution in [3.63, 3.8) is 0 Å². The van der Waals surface area contributed by atoms with Gasteiger partial charge in [-0.15, -0.1) is 0 Å². The van der Waals surface area contributed by atoms with Gasteiger partial charge in [0.15, 0.2) is 11.5 Å². The minimum absolute atomic E-state index is 0.0832. The first-order valence-corrected chi connectivity index (χ1v) is 7.42. The van der Waals surface area contributed by atoms with Crippen LogP contribution in [0.25, 0.3) is 0 Å². The van der Waals surface area contributed by atoms with Gasteiger partial charge in [-0.05, 0) is 36.6 Å². The fourth-order valence-electron chi connectivity index (χ4n) is 2.39. The predicted octanol–water partition coefficient (Wildman–Crippen LogP) is 2.57. The highest BCUT2D eigenvalue weighted by Crippen LogP contribution is 2.19. The molecule has 6 heteroatoms. The molecule has 23 heavy (non-hydrogen) atoms. The summed E-state index contributed by atoms with van der Waals surface area (Å²) in [5.74, 6) is 0.471. The van der Waals surface area contributed by atoms with Crippen molar-refractivity contribution in [3.05, 3.63) is 53.0 Å². The molecule has 0 amide bonds. The molecule has 2 heterocycles. The second kappa shape index (κ2) is 6.44. The van der Waals surface area contributed by atoms with Crippen LogP contribution in [0.15, 0.2) is 35.7 Å². The van der Waals surface area contributed by atoms with Gasteiger partial charge in [0.1, 0.15) is 12.2 Å². The van der Waals surface area contributed by atoms with Gasteiger partial charge in [-0.2, -0.15) is 5.26 Å². The first kappa shape index (κ1) is 15.0. The molecule has 1 aromatic heterocycles. The molecule has 1 aromatic carbocycles. The molecule has 1 unspecified atom stereocenters. The maximum atomic E-state index is 9.00. The lowest BCUT2D eigenvalue weighted by Gasteiger charge is -2.10. The number of aromatic nitrogens is 2. The van der Waals surface area contributed by atoms with E-state index in [1.807, 2.05) is 6.07 Å². The van der Waals surface area contributed by atoms with Gasteiger partial charge in [-0.25, -0.2) is 9.97 Å². The summed E-state index contributed by atoms with van der Waals surface area (Å²) in [6.45, 7) is 4.70. The quantitative estimate of drug-likeness (QED) is 0.938. The Morgan fingerprint density at radius 3 is 2.87 bits per heavy atom. The Morgan fingerprint density at radius 2 is 2.09 bits per heavy atom. The average molecular weight is 307 g/mol. The molecule has 1 atom stereocenters. The summed E-state index contributed by atoms with van der Waals surface area (Å²) >= 11 is 0. The van der Waals surface area contributed by atoms with E-state index in [0.717, 1.165) is 17.7 Å². The van der Waals surface area contributed by atoms with Gasteiger partial charge < -0.3 is 10.2 Å². The standard InChI is InChI=1S/C17H17N5O/c1-11-3-4-13(7-12(11)2)15-8-14(23-22-15)10-21-17-16(9-18)19-5-6-20-17/h3-7,14H,8,10H2,1-2H3,(H,20,21). The lowest BCUT2D eigenvalue weighted by Crippen LogP contribution is -2.21. The van der Waals surface area contributed by atoms with E-state index in [0.29, 0.717) is 12.4 Å². The van der Waals surface area contributed by atoms with E-state index in [9.17, 15) is 0 Å². The number of hydrogen-bond acceptors (Lipinski definition) is 6.